The fourth-order valence-corrected chi connectivity index (χ4v) is 3.72. The molecule has 3 aromatic rings. The minimum Gasteiger partial charge on any atom is -0.493 e. The van der Waals surface area contributed by atoms with Crippen LogP contribution in [0, 0.1) is 11.3 Å². The molecule has 0 saturated carbocycles. The molecule has 1 aromatic heterocycles. The molecule has 0 saturated heterocycles. The zero-order chi connectivity index (χ0) is 21.4. The minimum atomic E-state index is -0.700. The summed E-state index contributed by atoms with van der Waals surface area (Å²) in [5.41, 5.74) is 7.58. The highest BCUT2D eigenvalue weighted by atomic mass is 16.5. The Hall–Kier alpha value is -3.92. The molecule has 0 spiro atoms. The Labute approximate surface area is 173 Å². The van der Waals surface area contributed by atoms with Crippen LogP contribution in [0.3, 0.4) is 0 Å². The number of nitriles is 1. The number of fused-ring (bicyclic) bond motifs is 3. The van der Waals surface area contributed by atoms with E-state index in [0.717, 1.165) is 0 Å². The molecule has 7 heteroatoms. The second-order valence-electron chi connectivity index (χ2n) is 7.24. The van der Waals surface area contributed by atoms with E-state index in [0.29, 0.717) is 39.3 Å². The van der Waals surface area contributed by atoms with Gasteiger partial charge in [-0.05, 0) is 43.7 Å². The Morgan fingerprint density at radius 1 is 1.20 bits per heavy atom. The van der Waals surface area contributed by atoms with E-state index in [1.54, 1.807) is 31.4 Å². The number of para-hydroxylation sites is 1. The molecule has 1 atom stereocenters. The van der Waals surface area contributed by atoms with E-state index < -0.39 is 5.92 Å². The van der Waals surface area contributed by atoms with Gasteiger partial charge >= 0.3 is 0 Å². The zero-order valence-electron chi connectivity index (χ0n) is 16.9. The van der Waals surface area contributed by atoms with E-state index in [9.17, 15) is 10.1 Å². The van der Waals surface area contributed by atoms with Crippen molar-refractivity contribution in [3.8, 4) is 23.3 Å². The van der Waals surface area contributed by atoms with Gasteiger partial charge in [0.1, 0.15) is 17.4 Å². The lowest BCUT2D eigenvalue weighted by atomic mass is 9.83. The molecule has 30 heavy (non-hydrogen) atoms. The summed E-state index contributed by atoms with van der Waals surface area (Å²) in [6.45, 7) is 3.84. The summed E-state index contributed by atoms with van der Waals surface area (Å²) < 4.78 is 17.0. The van der Waals surface area contributed by atoms with Crippen LogP contribution in [0.4, 0.5) is 0 Å². The van der Waals surface area contributed by atoms with Gasteiger partial charge in [-0.1, -0.05) is 18.2 Å². The Morgan fingerprint density at radius 2 is 1.97 bits per heavy atom. The predicted octanol–water partition coefficient (Wildman–Crippen LogP) is 3.54. The Morgan fingerprint density at radius 3 is 2.67 bits per heavy atom. The van der Waals surface area contributed by atoms with Crippen molar-refractivity contribution in [1.82, 2.24) is 4.98 Å². The lowest BCUT2D eigenvalue weighted by Crippen LogP contribution is -2.27. The Balaban J connectivity index is 1.97. The first-order valence-corrected chi connectivity index (χ1v) is 9.51. The van der Waals surface area contributed by atoms with Crippen LogP contribution < -0.4 is 25.5 Å². The quantitative estimate of drug-likeness (QED) is 0.689. The lowest BCUT2D eigenvalue weighted by Gasteiger charge is -2.27. The number of hydrogen-bond acceptors (Lipinski definition) is 6. The summed E-state index contributed by atoms with van der Waals surface area (Å²) in [5.74, 6) is 0.715. The number of nitrogens with one attached hydrogen (secondary N) is 1. The van der Waals surface area contributed by atoms with Gasteiger partial charge in [0.25, 0.3) is 5.56 Å². The second-order valence-corrected chi connectivity index (χ2v) is 7.24. The molecule has 0 radical (unpaired) electrons. The third kappa shape index (κ3) is 3.12. The van der Waals surface area contributed by atoms with E-state index in [-0.39, 0.29) is 23.1 Å². The first-order valence-electron chi connectivity index (χ1n) is 9.51. The Kier molecular flexibility index (Phi) is 4.84. The van der Waals surface area contributed by atoms with Gasteiger partial charge < -0.3 is 24.9 Å². The monoisotopic (exact) mass is 403 g/mol. The van der Waals surface area contributed by atoms with Crippen molar-refractivity contribution >= 4 is 10.9 Å². The van der Waals surface area contributed by atoms with Crippen LogP contribution in [0.25, 0.3) is 10.9 Å². The number of methoxy groups -OCH3 is 1. The molecule has 0 unspecified atom stereocenters. The minimum absolute atomic E-state index is 0.0211. The SMILES string of the molecule is COc1cc([C@H]2C(C#N)=C(N)Oc3c2c(=O)[nH]c2ccccc32)ccc1OC(C)C. The zero-order valence-corrected chi connectivity index (χ0v) is 16.9. The number of nitrogens with two attached hydrogens (primary N) is 1. The van der Waals surface area contributed by atoms with Crippen molar-refractivity contribution in [3.63, 3.8) is 0 Å². The summed E-state index contributed by atoms with van der Waals surface area (Å²) in [6, 6.07) is 14.7. The molecule has 0 fully saturated rings. The third-order valence-electron chi connectivity index (χ3n) is 4.97. The van der Waals surface area contributed by atoms with Crippen molar-refractivity contribution in [1.29, 1.82) is 5.26 Å². The predicted molar refractivity (Wildman–Crippen MR) is 113 cm³/mol. The van der Waals surface area contributed by atoms with E-state index in [1.165, 1.54) is 0 Å². The summed E-state index contributed by atoms with van der Waals surface area (Å²) in [6.07, 6.45) is -0.0343. The summed E-state index contributed by atoms with van der Waals surface area (Å²) in [7, 11) is 1.54. The van der Waals surface area contributed by atoms with Crippen LogP contribution >= 0.6 is 0 Å². The van der Waals surface area contributed by atoms with Crippen LogP contribution in [0.2, 0.25) is 0 Å². The van der Waals surface area contributed by atoms with Crippen molar-refractivity contribution in [3.05, 3.63) is 75.4 Å². The van der Waals surface area contributed by atoms with E-state index in [2.05, 4.69) is 11.1 Å². The maximum atomic E-state index is 13.0. The maximum absolute atomic E-state index is 13.0. The summed E-state index contributed by atoms with van der Waals surface area (Å²) >= 11 is 0. The molecule has 2 aromatic carbocycles. The summed E-state index contributed by atoms with van der Waals surface area (Å²) in [5, 5.41) is 10.5. The summed E-state index contributed by atoms with van der Waals surface area (Å²) in [4.78, 5) is 15.9. The molecule has 4 rings (SSSR count). The van der Waals surface area contributed by atoms with Crippen molar-refractivity contribution < 1.29 is 14.2 Å². The van der Waals surface area contributed by atoms with Gasteiger partial charge in [0.2, 0.25) is 5.88 Å². The number of pyridine rings is 1. The molecular formula is C23H21N3O4. The standard InChI is InChI=1S/C23H21N3O4/c1-12(2)29-17-9-8-13(10-18(17)28-3)19-15(11-24)22(25)30-21-14-6-4-5-7-16(14)26-23(27)20(19)21/h4-10,12,19H,25H2,1-3H3,(H,26,27)/t19-/m0/s1. The van der Waals surface area contributed by atoms with Crippen LogP contribution in [-0.4, -0.2) is 18.2 Å². The van der Waals surface area contributed by atoms with E-state index in [1.807, 2.05) is 32.0 Å². The lowest BCUT2D eigenvalue weighted by molar-refractivity contribution is 0.230. The van der Waals surface area contributed by atoms with Gasteiger partial charge in [0.05, 0.1) is 30.2 Å². The number of H-pyrrole nitrogens is 1. The second kappa shape index (κ2) is 7.48. The first kappa shape index (κ1) is 19.4. The molecule has 0 aliphatic carbocycles. The normalized spacial score (nSPS) is 15.5. The van der Waals surface area contributed by atoms with Crippen LogP contribution in [-0.2, 0) is 0 Å². The number of nitrogens with zero attached hydrogens (tertiary/aromatic N) is 1. The van der Waals surface area contributed by atoms with Crippen LogP contribution in [0.15, 0.2) is 58.7 Å². The highest BCUT2D eigenvalue weighted by Gasteiger charge is 2.35. The number of allylic oxidation sites excluding steroid dienone is 1. The molecule has 7 nitrogen and oxygen atoms in total. The molecular weight excluding hydrogens is 382 g/mol. The average molecular weight is 403 g/mol. The molecule has 2 heterocycles. The molecule has 0 bridgehead atoms. The largest absolute Gasteiger partial charge is 0.493 e. The molecule has 152 valence electrons. The first-order chi connectivity index (χ1) is 14.4. The molecule has 1 aliphatic rings. The highest BCUT2D eigenvalue weighted by Crippen LogP contribution is 2.44. The Bertz CT molecular complexity index is 1270. The number of aromatic nitrogens is 1. The van der Waals surface area contributed by atoms with Gasteiger partial charge in [-0.25, -0.2) is 0 Å². The highest BCUT2D eigenvalue weighted by molar-refractivity contribution is 5.87. The number of rotatable bonds is 4. The number of benzene rings is 2. The van der Waals surface area contributed by atoms with Crippen LogP contribution in [0.1, 0.15) is 30.9 Å². The van der Waals surface area contributed by atoms with Crippen molar-refractivity contribution in [2.24, 2.45) is 5.73 Å². The molecule has 1 aliphatic heterocycles. The smallest absolute Gasteiger partial charge is 0.256 e. The number of ether oxygens (including phenoxy) is 3. The topological polar surface area (TPSA) is 110 Å². The third-order valence-corrected chi connectivity index (χ3v) is 4.97. The van der Waals surface area contributed by atoms with Gasteiger partial charge in [-0.15, -0.1) is 0 Å². The maximum Gasteiger partial charge on any atom is 0.256 e. The van der Waals surface area contributed by atoms with Gasteiger partial charge in [0.15, 0.2) is 11.5 Å². The van der Waals surface area contributed by atoms with Crippen molar-refractivity contribution in [2.75, 3.05) is 7.11 Å². The number of hydrogen-bond donors (Lipinski definition) is 2. The fraction of sp³-hybridized carbons (Fsp3) is 0.217. The van der Waals surface area contributed by atoms with Gasteiger partial charge in [-0.3, -0.25) is 4.79 Å². The van der Waals surface area contributed by atoms with E-state index >= 15 is 0 Å². The van der Waals surface area contributed by atoms with E-state index in [4.69, 9.17) is 19.9 Å². The van der Waals surface area contributed by atoms with Gasteiger partial charge in [-0.2, -0.15) is 5.26 Å². The van der Waals surface area contributed by atoms with Gasteiger partial charge in [0, 0.05) is 5.39 Å². The molecule has 3 N–H and O–H groups in total. The number of aromatic amines is 1. The van der Waals surface area contributed by atoms with Crippen molar-refractivity contribution in [2.45, 2.75) is 25.9 Å². The van der Waals surface area contributed by atoms with Crippen LogP contribution in [0.5, 0.6) is 17.2 Å². The fourth-order valence-electron chi connectivity index (χ4n) is 3.72. The average Bonchev–Trinajstić information content (AvgIpc) is 2.73. The molecule has 0 amide bonds.